The minimum atomic E-state index is 0.792. The van der Waals surface area contributed by atoms with E-state index in [1.54, 1.807) is 11.8 Å². The van der Waals surface area contributed by atoms with E-state index in [1.807, 2.05) is 6.20 Å². The highest BCUT2D eigenvalue weighted by Crippen LogP contribution is 2.25. The number of anilines is 1. The lowest BCUT2D eigenvalue weighted by molar-refractivity contribution is 1.01. The Labute approximate surface area is 131 Å². The van der Waals surface area contributed by atoms with Crippen LogP contribution >= 0.6 is 34.4 Å². The predicted octanol–water partition coefficient (Wildman–Crippen LogP) is 4.11. The zero-order valence-corrected chi connectivity index (χ0v) is 14.0. The molecule has 1 N–H and O–H groups in total. The quantitative estimate of drug-likeness (QED) is 0.621. The fourth-order valence-corrected chi connectivity index (χ4v) is 2.97. The zero-order valence-electron chi connectivity index (χ0n) is 11.0. The standard InChI is InChI=1S/C14H16IN3S/c1-3-16-14-11(15)8-17-13(18-14)9-19-12-7-5-4-6-10(12)2/h4-8H,3,9H2,1-2H3,(H,16,17,18). The SMILES string of the molecule is CCNc1nc(CSc2ccccc2C)ncc1I. The van der Waals surface area contributed by atoms with Gasteiger partial charge >= 0.3 is 0 Å². The summed E-state index contributed by atoms with van der Waals surface area (Å²) in [6.45, 7) is 5.07. The summed E-state index contributed by atoms with van der Waals surface area (Å²) >= 11 is 4.03. The van der Waals surface area contributed by atoms with Crippen molar-refractivity contribution < 1.29 is 0 Å². The van der Waals surface area contributed by atoms with Gasteiger partial charge in [-0.05, 0) is 48.1 Å². The molecule has 0 aliphatic rings. The maximum absolute atomic E-state index is 4.56. The van der Waals surface area contributed by atoms with Crippen molar-refractivity contribution in [2.45, 2.75) is 24.5 Å². The summed E-state index contributed by atoms with van der Waals surface area (Å²) in [5.74, 6) is 2.59. The van der Waals surface area contributed by atoms with Crippen molar-refractivity contribution in [1.82, 2.24) is 9.97 Å². The van der Waals surface area contributed by atoms with Gasteiger partial charge in [-0.3, -0.25) is 0 Å². The molecule has 0 saturated heterocycles. The number of aryl methyl sites for hydroxylation is 1. The molecule has 0 atom stereocenters. The molecule has 0 saturated carbocycles. The van der Waals surface area contributed by atoms with Crippen LogP contribution in [-0.2, 0) is 5.75 Å². The molecule has 100 valence electrons. The third kappa shape index (κ3) is 4.07. The number of thioether (sulfide) groups is 1. The molecule has 0 amide bonds. The van der Waals surface area contributed by atoms with E-state index in [2.05, 4.69) is 76.0 Å². The number of aromatic nitrogens is 2. The maximum Gasteiger partial charge on any atom is 0.143 e. The van der Waals surface area contributed by atoms with Gasteiger partial charge in [-0.1, -0.05) is 18.2 Å². The summed E-state index contributed by atoms with van der Waals surface area (Å²) in [5.41, 5.74) is 1.30. The topological polar surface area (TPSA) is 37.8 Å². The number of rotatable bonds is 5. The zero-order chi connectivity index (χ0) is 13.7. The minimum absolute atomic E-state index is 0.792. The number of hydrogen-bond acceptors (Lipinski definition) is 4. The van der Waals surface area contributed by atoms with Crippen LogP contribution in [0.2, 0.25) is 0 Å². The Hall–Kier alpha value is -0.820. The molecule has 2 rings (SSSR count). The van der Waals surface area contributed by atoms with Crippen molar-refractivity contribution >= 4 is 40.2 Å². The monoisotopic (exact) mass is 385 g/mol. The summed E-state index contributed by atoms with van der Waals surface area (Å²) in [6.07, 6.45) is 1.87. The van der Waals surface area contributed by atoms with Gasteiger partial charge in [0, 0.05) is 17.6 Å². The lowest BCUT2D eigenvalue weighted by Gasteiger charge is -2.08. The van der Waals surface area contributed by atoms with Crippen LogP contribution in [0.25, 0.3) is 0 Å². The van der Waals surface area contributed by atoms with Gasteiger partial charge < -0.3 is 5.32 Å². The van der Waals surface area contributed by atoms with Gasteiger partial charge in [0.25, 0.3) is 0 Å². The van der Waals surface area contributed by atoms with Crippen LogP contribution in [0.1, 0.15) is 18.3 Å². The molecule has 0 radical (unpaired) electrons. The minimum Gasteiger partial charge on any atom is -0.369 e. The van der Waals surface area contributed by atoms with Gasteiger partial charge in [-0.15, -0.1) is 11.8 Å². The first-order valence-electron chi connectivity index (χ1n) is 6.14. The van der Waals surface area contributed by atoms with E-state index in [1.165, 1.54) is 10.5 Å². The molecule has 0 bridgehead atoms. The van der Waals surface area contributed by atoms with Crippen molar-refractivity contribution in [3.63, 3.8) is 0 Å². The lowest BCUT2D eigenvalue weighted by atomic mass is 10.2. The Kier molecular flexibility index (Phi) is 5.45. The Bertz CT molecular complexity index is 560. The van der Waals surface area contributed by atoms with Gasteiger partial charge in [0.2, 0.25) is 0 Å². The normalized spacial score (nSPS) is 10.5. The molecular formula is C14H16IN3S. The Balaban J connectivity index is 2.07. The van der Waals surface area contributed by atoms with Gasteiger partial charge in [0.05, 0.1) is 9.32 Å². The van der Waals surface area contributed by atoms with Crippen LogP contribution in [0, 0.1) is 10.5 Å². The van der Waals surface area contributed by atoms with Gasteiger partial charge in [-0.25, -0.2) is 9.97 Å². The van der Waals surface area contributed by atoms with E-state index in [9.17, 15) is 0 Å². The summed E-state index contributed by atoms with van der Waals surface area (Å²) in [6, 6.07) is 8.39. The highest BCUT2D eigenvalue weighted by Gasteiger charge is 2.05. The fraction of sp³-hybridized carbons (Fsp3) is 0.286. The molecule has 0 unspecified atom stereocenters. The van der Waals surface area contributed by atoms with Gasteiger partial charge in [0.1, 0.15) is 11.6 Å². The van der Waals surface area contributed by atoms with Crippen molar-refractivity contribution in [2.75, 3.05) is 11.9 Å². The van der Waals surface area contributed by atoms with E-state index in [0.29, 0.717) is 0 Å². The second kappa shape index (κ2) is 7.09. The summed E-state index contributed by atoms with van der Waals surface area (Å²) in [7, 11) is 0. The highest BCUT2D eigenvalue weighted by molar-refractivity contribution is 14.1. The molecule has 19 heavy (non-hydrogen) atoms. The van der Waals surface area contributed by atoms with Crippen LogP contribution in [0.5, 0.6) is 0 Å². The van der Waals surface area contributed by atoms with Crippen molar-refractivity contribution in [2.24, 2.45) is 0 Å². The van der Waals surface area contributed by atoms with Crippen LogP contribution in [-0.4, -0.2) is 16.5 Å². The molecular weight excluding hydrogens is 369 g/mol. The average molecular weight is 385 g/mol. The first-order valence-corrected chi connectivity index (χ1v) is 8.21. The molecule has 0 fully saturated rings. The highest BCUT2D eigenvalue weighted by atomic mass is 127. The van der Waals surface area contributed by atoms with E-state index >= 15 is 0 Å². The molecule has 1 heterocycles. The molecule has 0 aliphatic carbocycles. The number of nitrogens with zero attached hydrogens (tertiary/aromatic N) is 2. The number of benzene rings is 1. The number of hydrogen-bond donors (Lipinski definition) is 1. The fourth-order valence-electron chi connectivity index (χ4n) is 1.63. The summed E-state index contributed by atoms with van der Waals surface area (Å²) < 4.78 is 1.06. The number of nitrogens with one attached hydrogen (secondary N) is 1. The molecule has 5 heteroatoms. The molecule has 2 aromatic rings. The summed E-state index contributed by atoms with van der Waals surface area (Å²) in [5, 5.41) is 3.26. The van der Waals surface area contributed by atoms with E-state index in [-0.39, 0.29) is 0 Å². The Morgan fingerprint density at radius 1 is 1.32 bits per heavy atom. The second-order valence-corrected chi connectivity index (χ2v) is 6.25. The van der Waals surface area contributed by atoms with E-state index in [4.69, 9.17) is 0 Å². The third-order valence-corrected chi connectivity index (χ3v) is 4.55. The largest absolute Gasteiger partial charge is 0.369 e. The van der Waals surface area contributed by atoms with Crippen LogP contribution in [0.4, 0.5) is 5.82 Å². The van der Waals surface area contributed by atoms with E-state index < -0.39 is 0 Å². The molecule has 1 aromatic heterocycles. The first-order chi connectivity index (χ1) is 9.20. The molecule has 3 nitrogen and oxygen atoms in total. The van der Waals surface area contributed by atoms with Gasteiger partial charge in [0.15, 0.2) is 0 Å². The maximum atomic E-state index is 4.56. The van der Waals surface area contributed by atoms with Crippen LogP contribution in [0.15, 0.2) is 35.4 Å². The van der Waals surface area contributed by atoms with Crippen LogP contribution in [0.3, 0.4) is 0 Å². The molecule has 0 aliphatic heterocycles. The number of halogens is 1. The van der Waals surface area contributed by atoms with Crippen LogP contribution < -0.4 is 5.32 Å². The predicted molar refractivity (Wildman–Crippen MR) is 89.7 cm³/mol. The second-order valence-electron chi connectivity index (χ2n) is 4.07. The van der Waals surface area contributed by atoms with Crippen molar-refractivity contribution in [1.29, 1.82) is 0 Å². The lowest BCUT2D eigenvalue weighted by Crippen LogP contribution is -2.05. The Morgan fingerprint density at radius 2 is 2.11 bits per heavy atom. The smallest absolute Gasteiger partial charge is 0.143 e. The molecule has 1 aromatic carbocycles. The Morgan fingerprint density at radius 3 is 2.84 bits per heavy atom. The van der Waals surface area contributed by atoms with Crippen molar-refractivity contribution in [3.05, 3.63) is 45.4 Å². The molecule has 0 spiro atoms. The summed E-state index contributed by atoms with van der Waals surface area (Å²) in [4.78, 5) is 10.2. The third-order valence-electron chi connectivity index (χ3n) is 2.59. The van der Waals surface area contributed by atoms with Gasteiger partial charge in [-0.2, -0.15) is 0 Å². The average Bonchev–Trinajstić information content (AvgIpc) is 2.41. The first kappa shape index (κ1) is 14.6. The van der Waals surface area contributed by atoms with E-state index in [0.717, 1.165) is 27.5 Å². The van der Waals surface area contributed by atoms with Crippen molar-refractivity contribution in [3.8, 4) is 0 Å².